The average molecular weight is 180 g/mol. The molecule has 1 rings (SSSR count). The minimum atomic E-state index is -0.0721. The Labute approximate surface area is 78.4 Å². The molecule has 0 saturated heterocycles. The van der Waals surface area contributed by atoms with Crippen molar-refractivity contribution in [2.24, 2.45) is 5.73 Å². The lowest BCUT2D eigenvalue weighted by Gasteiger charge is -2.13. The molecule has 0 heterocycles. The molecule has 0 spiro atoms. The lowest BCUT2D eigenvalue weighted by atomic mass is 10.0. The zero-order valence-electron chi connectivity index (χ0n) is 7.83. The summed E-state index contributed by atoms with van der Waals surface area (Å²) in [4.78, 5) is 0. The molecule has 0 radical (unpaired) electrons. The third kappa shape index (κ3) is 2.36. The first-order valence-corrected chi connectivity index (χ1v) is 4.49. The molecule has 0 saturated carbocycles. The highest BCUT2D eigenvalue weighted by Crippen LogP contribution is 2.25. The molecular formula is C10H16N2O. The van der Waals surface area contributed by atoms with Crippen LogP contribution in [0.1, 0.15) is 31.4 Å². The van der Waals surface area contributed by atoms with Crippen LogP contribution in [0.15, 0.2) is 18.2 Å². The molecule has 1 atom stereocenters. The fourth-order valence-electron chi connectivity index (χ4n) is 1.35. The lowest BCUT2D eigenvalue weighted by Crippen LogP contribution is -2.11. The molecule has 1 aromatic rings. The van der Waals surface area contributed by atoms with Crippen LogP contribution < -0.4 is 11.5 Å². The van der Waals surface area contributed by atoms with E-state index in [0.29, 0.717) is 5.69 Å². The van der Waals surface area contributed by atoms with Gasteiger partial charge < -0.3 is 16.6 Å². The molecule has 0 amide bonds. The number of nitrogens with two attached hydrogens (primary N) is 2. The molecule has 0 aliphatic heterocycles. The van der Waals surface area contributed by atoms with E-state index in [0.717, 1.165) is 18.4 Å². The van der Waals surface area contributed by atoms with E-state index in [4.69, 9.17) is 11.5 Å². The highest BCUT2D eigenvalue weighted by Gasteiger charge is 2.08. The highest BCUT2D eigenvalue weighted by atomic mass is 16.3. The molecule has 0 aromatic heterocycles. The molecule has 0 aliphatic carbocycles. The summed E-state index contributed by atoms with van der Waals surface area (Å²) in [5.74, 6) is 0.218. The topological polar surface area (TPSA) is 72.3 Å². The number of hydrogen-bond acceptors (Lipinski definition) is 3. The monoisotopic (exact) mass is 180 g/mol. The normalized spacial score (nSPS) is 12.8. The van der Waals surface area contributed by atoms with Gasteiger partial charge in [-0.3, -0.25) is 0 Å². The Bertz CT molecular complexity index is 286. The molecule has 0 aliphatic rings. The summed E-state index contributed by atoms with van der Waals surface area (Å²) in [6.45, 7) is 2.07. The first kappa shape index (κ1) is 9.86. The van der Waals surface area contributed by atoms with Crippen LogP contribution in [-0.2, 0) is 0 Å². The third-order valence-corrected chi connectivity index (χ3v) is 2.07. The van der Waals surface area contributed by atoms with Gasteiger partial charge in [0.2, 0.25) is 0 Å². The summed E-state index contributed by atoms with van der Waals surface area (Å²) in [6.07, 6.45) is 1.89. The fourth-order valence-corrected chi connectivity index (χ4v) is 1.35. The van der Waals surface area contributed by atoms with Crippen molar-refractivity contribution in [1.82, 2.24) is 0 Å². The van der Waals surface area contributed by atoms with Crippen molar-refractivity contribution in [1.29, 1.82) is 0 Å². The van der Waals surface area contributed by atoms with Crippen LogP contribution in [-0.4, -0.2) is 5.11 Å². The van der Waals surface area contributed by atoms with E-state index >= 15 is 0 Å². The summed E-state index contributed by atoms with van der Waals surface area (Å²) >= 11 is 0. The van der Waals surface area contributed by atoms with Crippen LogP contribution in [0.3, 0.4) is 0 Å². The fraction of sp³-hybridized carbons (Fsp3) is 0.400. The molecular weight excluding hydrogens is 164 g/mol. The van der Waals surface area contributed by atoms with E-state index in [1.807, 2.05) is 0 Å². The zero-order valence-corrected chi connectivity index (χ0v) is 7.83. The molecule has 0 unspecified atom stereocenters. The zero-order chi connectivity index (χ0) is 9.84. The van der Waals surface area contributed by atoms with Crippen LogP contribution in [0.4, 0.5) is 5.69 Å². The van der Waals surface area contributed by atoms with Gasteiger partial charge in [-0.1, -0.05) is 13.3 Å². The average Bonchev–Trinajstić information content (AvgIpc) is 2.09. The van der Waals surface area contributed by atoms with Gasteiger partial charge in [0.05, 0.1) is 0 Å². The molecule has 3 nitrogen and oxygen atoms in total. The number of phenolic OH excluding ortho intramolecular Hbond substituents is 1. The van der Waals surface area contributed by atoms with E-state index in [9.17, 15) is 5.11 Å². The molecule has 72 valence electrons. The number of benzene rings is 1. The summed E-state index contributed by atoms with van der Waals surface area (Å²) in [7, 11) is 0. The van der Waals surface area contributed by atoms with Gasteiger partial charge in [-0.25, -0.2) is 0 Å². The van der Waals surface area contributed by atoms with Crippen LogP contribution >= 0.6 is 0 Å². The molecule has 13 heavy (non-hydrogen) atoms. The number of rotatable bonds is 3. The summed E-state index contributed by atoms with van der Waals surface area (Å²) < 4.78 is 0. The Balaban J connectivity index is 2.91. The van der Waals surface area contributed by atoms with Crippen molar-refractivity contribution in [2.45, 2.75) is 25.8 Å². The molecule has 1 aromatic carbocycles. The largest absolute Gasteiger partial charge is 0.508 e. The third-order valence-electron chi connectivity index (χ3n) is 2.07. The maximum atomic E-state index is 9.24. The van der Waals surface area contributed by atoms with E-state index < -0.39 is 0 Å². The quantitative estimate of drug-likeness (QED) is 0.490. The highest BCUT2D eigenvalue weighted by molar-refractivity contribution is 5.51. The van der Waals surface area contributed by atoms with Gasteiger partial charge >= 0.3 is 0 Å². The maximum Gasteiger partial charge on any atom is 0.116 e. The van der Waals surface area contributed by atoms with Gasteiger partial charge in [0.25, 0.3) is 0 Å². The minimum absolute atomic E-state index is 0.0721. The van der Waals surface area contributed by atoms with E-state index in [1.54, 1.807) is 18.2 Å². The Morgan fingerprint density at radius 3 is 2.77 bits per heavy atom. The number of aromatic hydroxyl groups is 1. The Morgan fingerprint density at radius 1 is 1.46 bits per heavy atom. The second kappa shape index (κ2) is 4.14. The van der Waals surface area contributed by atoms with Gasteiger partial charge in [-0.15, -0.1) is 0 Å². The maximum absolute atomic E-state index is 9.24. The number of anilines is 1. The number of hydrogen-bond donors (Lipinski definition) is 3. The Kier molecular flexibility index (Phi) is 3.14. The lowest BCUT2D eigenvalue weighted by molar-refractivity contribution is 0.473. The first-order valence-electron chi connectivity index (χ1n) is 4.49. The Hall–Kier alpha value is -1.22. The van der Waals surface area contributed by atoms with Gasteiger partial charge in [-0.2, -0.15) is 0 Å². The van der Waals surface area contributed by atoms with Crippen LogP contribution in [0.25, 0.3) is 0 Å². The first-order chi connectivity index (χ1) is 6.15. The van der Waals surface area contributed by atoms with Crippen molar-refractivity contribution >= 4 is 5.69 Å². The van der Waals surface area contributed by atoms with Crippen molar-refractivity contribution in [3.8, 4) is 5.75 Å². The number of phenols is 1. The summed E-state index contributed by atoms with van der Waals surface area (Å²) in [6, 6.07) is 4.81. The van der Waals surface area contributed by atoms with Crippen LogP contribution in [0.2, 0.25) is 0 Å². The van der Waals surface area contributed by atoms with E-state index in [-0.39, 0.29) is 11.8 Å². The second-order valence-electron chi connectivity index (χ2n) is 3.21. The molecule has 3 heteroatoms. The second-order valence-corrected chi connectivity index (χ2v) is 3.21. The van der Waals surface area contributed by atoms with Gasteiger partial charge in [0.1, 0.15) is 5.75 Å². The van der Waals surface area contributed by atoms with Crippen molar-refractivity contribution in [2.75, 3.05) is 5.73 Å². The predicted molar refractivity (Wildman–Crippen MR) is 54.4 cm³/mol. The van der Waals surface area contributed by atoms with Crippen molar-refractivity contribution in [3.63, 3.8) is 0 Å². The molecule has 0 bridgehead atoms. The van der Waals surface area contributed by atoms with Gasteiger partial charge in [0, 0.05) is 11.7 Å². The van der Waals surface area contributed by atoms with Crippen LogP contribution in [0, 0.1) is 0 Å². The summed E-state index contributed by atoms with van der Waals surface area (Å²) in [5, 5.41) is 9.24. The smallest absolute Gasteiger partial charge is 0.116 e. The molecule has 0 fully saturated rings. The van der Waals surface area contributed by atoms with Gasteiger partial charge in [-0.05, 0) is 30.2 Å². The predicted octanol–water partition coefficient (Wildman–Crippen LogP) is 1.77. The summed E-state index contributed by atoms with van der Waals surface area (Å²) in [5.41, 5.74) is 13.1. The van der Waals surface area contributed by atoms with E-state index in [2.05, 4.69) is 6.92 Å². The SMILES string of the molecule is CCC[C@@H](N)c1cc(O)ccc1N. The van der Waals surface area contributed by atoms with Crippen molar-refractivity contribution < 1.29 is 5.11 Å². The van der Waals surface area contributed by atoms with Crippen LogP contribution in [0.5, 0.6) is 5.75 Å². The Morgan fingerprint density at radius 2 is 2.15 bits per heavy atom. The minimum Gasteiger partial charge on any atom is -0.508 e. The van der Waals surface area contributed by atoms with Gasteiger partial charge in [0.15, 0.2) is 0 Å². The standard InChI is InChI=1S/C10H16N2O/c1-2-3-9(11)8-6-7(13)4-5-10(8)12/h4-6,9,13H,2-3,11-12H2,1H3/t9-/m1/s1. The number of nitrogen functional groups attached to an aromatic ring is 1. The van der Waals surface area contributed by atoms with E-state index in [1.165, 1.54) is 0 Å². The van der Waals surface area contributed by atoms with Crippen molar-refractivity contribution in [3.05, 3.63) is 23.8 Å². The molecule has 5 N–H and O–H groups in total.